The third-order valence-electron chi connectivity index (χ3n) is 3.39. The number of nitrogens with zero attached hydrogens (tertiary/aromatic N) is 3. The van der Waals surface area contributed by atoms with E-state index < -0.39 is 0 Å². The number of nitrogen functional groups attached to an aromatic ring is 1. The highest BCUT2D eigenvalue weighted by Gasteiger charge is 2.20. The molecular formula is C13H16N4. The molecule has 4 heteroatoms. The number of anilines is 1. The van der Waals surface area contributed by atoms with E-state index in [1.54, 1.807) is 6.20 Å². The molecular weight excluding hydrogens is 212 g/mol. The zero-order valence-electron chi connectivity index (χ0n) is 9.71. The third-order valence-corrected chi connectivity index (χ3v) is 3.39. The molecule has 2 N–H and O–H groups in total. The molecule has 0 bridgehead atoms. The summed E-state index contributed by atoms with van der Waals surface area (Å²) in [5.41, 5.74) is 7.98. The molecule has 0 amide bonds. The van der Waals surface area contributed by atoms with Crippen molar-refractivity contribution in [2.24, 2.45) is 0 Å². The maximum absolute atomic E-state index is 6.04. The van der Waals surface area contributed by atoms with E-state index in [1.807, 2.05) is 29.1 Å². The first-order valence-electron chi connectivity index (χ1n) is 6.10. The van der Waals surface area contributed by atoms with Gasteiger partial charge in [0.05, 0.1) is 11.7 Å². The molecule has 0 aromatic carbocycles. The number of pyridine rings is 1. The number of aromatic nitrogens is 3. The monoisotopic (exact) mass is 228 g/mol. The largest absolute Gasteiger partial charge is 0.384 e. The maximum atomic E-state index is 6.04. The van der Waals surface area contributed by atoms with Crippen LogP contribution in [0.3, 0.4) is 0 Å². The van der Waals surface area contributed by atoms with Crippen LogP contribution in [-0.4, -0.2) is 14.8 Å². The van der Waals surface area contributed by atoms with Gasteiger partial charge in [-0.1, -0.05) is 12.8 Å². The fraction of sp³-hybridized carbons (Fsp3) is 0.385. The molecule has 2 aromatic rings. The van der Waals surface area contributed by atoms with Gasteiger partial charge in [-0.2, -0.15) is 5.10 Å². The summed E-state index contributed by atoms with van der Waals surface area (Å²) in [6, 6.07) is 6.35. The fourth-order valence-corrected chi connectivity index (χ4v) is 2.51. The average Bonchev–Trinajstić information content (AvgIpc) is 2.99. The predicted octanol–water partition coefficient (Wildman–Crippen LogP) is 2.64. The Morgan fingerprint density at radius 3 is 2.82 bits per heavy atom. The van der Waals surface area contributed by atoms with E-state index in [0.717, 1.165) is 17.1 Å². The van der Waals surface area contributed by atoms with Crippen LogP contribution in [0.5, 0.6) is 0 Å². The number of hydrogen-bond acceptors (Lipinski definition) is 3. The van der Waals surface area contributed by atoms with E-state index >= 15 is 0 Å². The quantitative estimate of drug-likeness (QED) is 0.859. The van der Waals surface area contributed by atoms with Crippen LogP contribution >= 0.6 is 0 Å². The van der Waals surface area contributed by atoms with Gasteiger partial charge in [0, 0.05) is 24.0 Å². The van der Waals surface area contributed by atoms with E-state index in [4.69, 9.17) is 5.73 Å². The molecule has 1 saturated carbocycles. The van der Waals surface area contributed by atoms with Crippen LogP contribution in [-0.2, 0) is 0 Å². The van der Waals surface area contributed by atoms with Crippen LogP contribution in [0.4, 0.5) is 5.82 Å². The molecule has 3 rings (SSSR count). The Morgan fingerprint density at radius 1 is 1.29 bits per heavy atom. The van der Waals surface area contributed by atoms with Gasteiger partial charge in [-0.05, 0) is 25.0 Å². The minimum absolute atomic E-state index is 0.487. The van der Waals surface area contributed by atoms with Crippen molar-refractivity contribution in [2.75, 3.05) is 5.73 Å². The molecule has 0 saturated heterocycles. The lowest BCUT2D eigenvalue weighted by molar-refractivity contribution is 0.475. The first kappa shape index (κ1) is 10.3. The molecule has 88 valence electrons. The zero-order chi connectivity index (χ0) is 11.7. The van der Waals surface area contributed by atoms with Crippen LogP contribution in [0.1, 0.15) is 31.7 Å². The topological polar surface area (TPSA) is 56.7 Å². The summed E-state index contributed by atoms with van der Waals surface area (Å²) in [5, 5.41) is 4.61. The van der Waals surface area contributed by atoms with Crippen molar-refractivity contribution in [3.8, 4) is 11.3 Å². The molecule has 0 aliphatic heterocycles. The van der Waals surface area contributed by atoms with Crippen molar-refractivity contribution in [3.05, 3.63) is 30.6 Å². The average molecular weight is 228 g/mol. The van der Waals surface area contributed by atoms with Crippen LogP contribution in [0.2, 0.25) is 0 Å². The summed E-state index contributed by atoms with van der Waals surface area (Å²) in [6.07, 6.45) is 8.54. The van der Waals surface area contributed by atoms with E-state index in [1.165, 1.54) is 25.7 Å². The van der Waals surface area contributed by atoms with Crippen molar-refractivity contribution in [1.29, 1.82) is 0 Å². The number of rotatable bonds is 2. The Kier molecular flexibility index (Phi) is 2.55. The SMILES string of the molecule is Nc1cc(-c2cccnc2)nn1C1CCCC1. The molecule has 1 aliphatic rings. The van der Waals surface area contributed by atoms with Gasteiger partial charge >= 0.3 is 0 Å². The summed E-state index contributed by atoms with van der Waals surface area (Å²) >= 11 is 0. The lowest BCUT2D eigenvalue weighted by Gasteiger charge is -2.11. The third kappa shape index (κ3) is 1.90. The van der Waals surface area contributed by atoms with Crippen LogP contribution in [0.25, 0.3) is 11.3 Å². The van der Waals surface area contributed by atoms with Crippen molar-refractivity contribution in [3.63, 3.8) is 0 Å². The minimum atomic E-state index is 0.487. The molecule has 2 heterocycles. The van der Waals surface area contributed by atoms with Crippen LogP contribution in [0.15, 0.2) is 30.6 Å². The second kappa shape index (κ2) is 4.20. The van der Waals surface area contributed by atoms with E-state index in [0.29, 0.717) is 6.04 Å². The predicted molar refractivity (Wildman–Crippen MR) is 67.4 cm³/mol. The normalized spacial score (nSPS) is 16.5. The van der Waals surface area contributed by atoms with Gasteiger partial charge in [0.1, 0.15) is 5.82 Å². The molecule has 2 aromatic heterocycles. The van der Waals surface area contributed by atoms with Gasteiger partial charge < -0.3 is 5.73 Å². The first-order chi connectivity index (χ1) is 8.34. The van der Waals surface area contributed by atoms with Crippen molar-refractivity contribution in [1.82, 2.24) is 14.8 Å². The highest BCUT2D eigenvalue weighted by Crippen LogP contribution is 2.32. The second-order valence-electron chi connectivity index (χ2n) is 4.58. The maximum Gasteiger partial charge on any atom is 0.122 e. The van der Waals surface area contributed by atoms with Gasteiger partial charge in [-0.3, -0.25) is 4.98 Å². The molecule has 4 nitrogen and oxygen atoms in total. The van der Waals surface area contributed by atoms with E-state index in [2.05, 4.69) is 10.1 Å². The van der Waals surface area contributed by atoms with Gasteiger partial charge in [0.25, 0.3) is 0 Å². The highest BCUT2D eigenvalue weighted by molar-refractivity contribution is 5.61. The van der Waals surface area contributed by atoms with Crippen molar-refractivity contribution < 1.29 is 0 Å². The zero-order valence-corrected chi connectivity index (χ0v) is 9.71. The molecule has 1 aliphatic carbocycles. The Bertz CT molecular complexity index is 497. The van der Waals surface area contributed by atoms with Gasteiger partial charge in [-0.15, -0.1) is 0 Å². The smallest absolute Gasteiger partial charge is 0.122 e. The molecule has 1 fully saturated rings. The lowest BCUT2D eigenvalue weighted by Crippen LogP contribution is -2.09. The second-order valence-corrected chi connectivity index (χ2v) is 4.58. The van der Waals surface area contributed by atoms with Gasteiger partial charge in [0.2, 0.25) is 0 Å². The first-order valence-corrected chi connectivity index (χ1v) is 6.10. The molecule has 17 heavy (non-hydrogen) atoms. The Labute approximate surface area is 100 Å². The summed E-state index contributed by atoms with van der Waals surface area (Å²) in [5.74, 6) is 0.760. The molecule has 0 spiro atoms. The number of nitrogens with two attached hydrogens (primary N) is 1. The molecule has 0 unspecified atom stereocenters. The van der Waals surface area contributed by atoms with Crippen molar-refractivity contribution in [2.45, 2.75) is 31.7 Å². The number of hydrogen-bond donors (Lipinski definition) is 1. The van der Waals surface area contributed by atoms with E-state index in [-0.39, 0.29) is 0 Å². The van der Waals surface area contributed by atoms with E-state index in [9.17, 15) is 0 Å². The summed E-state index contributed by atoms with van der Waals surface area (Å²) in [4.78, 5) is 4.11. The summed E-state index contributed by atoms with van der Waals surface area (Å²) in [7, 11) is 0. The minimum Gasteiger partial charge on any atom is -0.384 e. The molecule has 0 atom stereocenters. The Balaban J connectivity index is 1.95. The summed E-state index contributed by atoms with van der Waals surface area (Å²) in [6.45, 7) is 0. The summed E-state index contributed by atoms with van der Waals surface area (Å²) < 4.78 is 1.98. The van der Waals surface area contributed by atoms with Crippen LogP contribution in [0, 0.1) is 0 Å². The lowest BCUT2D eigenvalue weighted by atomic mass is 10.2. The Hall–Kier alpha value is -1.84. The van der Waals surface area contributed by atoms with Crippen molar-refractivity contribution >= 4 is 5.82 Å². The highest BCUT2D eigenvalue weighted by atomic mass is 15.3. The fourth-order valence-electron chi connectivity index (χ4n) is 2.51. The van der Waals surface area contributed by atoms with Crippen LogP contribution < -0.4 is 5.73 Å². The van der Waals surface area contributed by atoms with Gasteiger partial charge in [-0.25, -0.2) is 4.68 Å². The van der Waals surface area contributed by atoms with Gasteiger partial charge in [0.15, 0.2) is 0 Å². The standard InChI is InChI=1S/C13H16N4/c14-13-8-12(10-4-3-7-15-9-10)16-17(13)11-5-1-2-6-11/h3-4,7-9,11H,1-2,5-6,14H2. The Morgan fingerprint density at radius 2 is 2.12 bits per heavy atom. The molecule has 0 radical (unpaired) electrons.